The molecule has 4 nitrogen and oxygen atoms in total. The number of amides is 1. The molecule has 4 heteroatoms. The molecule has 1 fully saturated rings. The van der Waals surface area contributed by atoms with Gasteiger partial charge in [-0.25, -0.2) is 0 Å². The molecule has 1 aromatic rings. The first-order chi connectivity index (χ1) is 9.99. The fourth-order valence-corrected chi connectivity index (χ4v) is 3.08. The molecule has 0 spiro atoms. The highest BCUT2D eigenvalue weighted by Gasteiger charge is 2.29. The van der Waals surface area contributed by atoms with Crippen LogP contribution in [0.1, 0.15) is 42.1 Å². The van der Waals surface area contributed by atoms with Gasteiger partial charge in [0.15, 0.2) is 0 Å². The van der Waals surface area contributed by atoms with Gasteiger partial charge in [0.2, 0.25) is 0 Å². The van der Waals surface area contributed by atoms with Gasteiger partial charge < -0.3 is 10.0 Å². The highest BCUT2D eigenvalue weighted by atomic mass is 16.4. The molecule has 2 unspecified atom stereocenters. The molecule has 0 aliphatic carbocycles. The first-order valence-electron chi connectivity index (χ1n) is 7.55. The van der Waals surface area contributed by atoms with Crippen LogP contribution >= 0.6 is 0 Å². The number of carbonyl (C=O) groups excluding carboxylic acids is 1. The monoisotopic (exact) mass is 289 g/mol. The molecule has 0 radical (unpaired) electrons. The lowest BCUT2D eigenvalue weighted by Gasteiger charge is -2.35. The molecule has 0 aromatic heterocycles. The Kier molecular flexibility index (Phi) is 4.99. The van der Waals surface area contributed by atoms with Crippen LogP contribution in [0.4, 0.5) is 0 Å². The van der Waals surface area contributed by atoms with E-state index in [2.05, 4.69) is 0 Å². The Morgan fingerprint density at radius 3 is 2.76 bits per heavy atom. The van der Waals surface area contributed by atoms with E-state index in [4.69, 9.17) is 5.11 Å². The van der Waals surface area contributed by atoms with E-state index >= 15 is 0 Å². The molecular formula is C17H23NO3. The molecular weight excluding hydrogens is 266 g/mol. The van der Waals surface area contributed by atoms with Crippen molar-refractivity contribution in [2.45, 2.75) is 33.1 Å². The molecule has 1 aliphatic rings. The van der Waals surface area contributed by atoms with Gasteiger partial charge in [0, 0.05) is 25.1 Å². The van der Waals surface area contributed by atoms with Crippen molar-refractivity contribution in [2.24, 2.45) is 11.8 Å². The smallest absolute Gasteiger partial charge is 0.303 e. The van der Waals surface area contributed by atoms with Crippen molar-refractivity contribution in [1.82, 2.24) is 4.90 Å². The van der Waals surface area contributed by atoms with E-state index in [0.717, 1.165) is 30.5 Å². The number of carboxylic acids is 1. The topological polar surface area (TPSA) is 57.6 Å². The Labute approximate surface area is 125 Å². The van der Waals surface area contributed by atoms with Gasteiger partial charge >= 0.3 is 5.97 Å². The molecule has 2 atom stereocenters. The maximum absolute atomic E-state index is 12.6. The Morgan fingerprint density at radius 2 is 2.10 bits per heavy atom. The zero-order valence-electron chi connectivity index (χ0n) is 12.7. The molecule has 1 aliphatic heterocycles. The van der Waals surface area contributed by atoms with Crippen molar-refractivity contribution in [3.63, 3.8) is 0 Å². The predicted molar refractivity (Wildman–Crippen MR) is 81.2 cm³/mol. The SMILES string of the molecule is Cc1ccccc1C(=O)N1CCCC(C(C)CC(=O)O)C1. The summed E-state index contributed by atoms with van der Waals surface area (Å²) in [5.74, 6) is -0.303. The molecule has 1 aromatic carbocycles. The van der Waals surface area contributed by atoms with Gasteiger partial charge in [0.05, 0.1) is 0 Å². The van der Waals surface area contributed by atoms with Gasteiger partial charge in [-0.3, -0.25) is 9.59 Å². The quantitative estimate of drug-likeness (QED) is 0.927. The van der Waals surface area contributed by atoms with E-state index in [0.29, 0.717) is 6.54 Å². The number of aryl methyl sites for hydroxylation is 1. The molecule has 0 saturated carbocycles. The number of likely N-dealkylation sites (tertiary alicyclic amines) is 1. The van der Waals surface area contributed by atoms with Crippen LogP contribution in [0, 0.1) is 18.8 Å². The van der Waals surface area contributed by atoms with Crippen LogP contribution in [0.15, 0.2) is 24.3 Å². The summed E-state index contributed by atoms with van der Waals surface area (Å²) in [5.41, 5.74) is 1.74. The predicted octanol–water partition coefficient (Wildman–Crippen LogP) is 2.96. The summed E-state index contributed by atoms with van der Waals surface area (Å²) in [6.45, 7) is 5.35. The Bertz CT molecular complexity index is 527. The van der Waals surface area contributed by atoms with E-state index in [1.54, 1.807) is 0 Å². The van der Waals surface area contributed by atoms with Crippen LogP contribution in [-0.2, 0) is 4.79 Å². The summed E-state index contributed by atoms with van der Waals surface area (Å²) >= 11 is 0. The van der Waals surface area contributed by atoms with Crippen LogP contribution in [0.2, 0.25) is 0 Å². The average molecular weight is 289 g/mol. The normalized spacial score (nSPS) is 20.1. The van der Waals surface area contributed by atoms with E-state index in [1.165, 1.54) is 0 Å². The standard InChI is InChI=1S/C17H23NO3/c1-12-6-3-4-8-15(12)17(21)18-9-5-7-14(11-18)13(2)10-16(19)20/h3-4,6,8,13-14H,5,7,9-11H2,1-2H3,(H,19,20). The van der Waals surface area contributed by atoms with Crippen LogP contribution < -0.4 is 0 Å². The number of nitrogens with zero attached hydrogens (tertiary/aromatic N) is 1. The van der Waals surface area contributed by atoms with Crippen molar-refractivity contribution in [1.29, 1.82) is 0 Å². The van der Waals surface area contributed by atoms with Crippen molar-refractivity contribution < 1.29 is 14.7 Å². The molecule has 2 rings (SSSR count). The minimum atomic E-state index is -0.759. The average Bonchev–Trinajstić information content (AvgIpc) is 2.46. The van der Waals surface area contributed by atoms with Gasteiger partial charge in [-0.05, 0) is 43.2 Å². The fraction of sp³-hybridized carbons (Fsp3) is 0.529. The zero-order valence-corrected chi connectivity index (χ0v) is 12.7. The van der Waals surface area contributed by atoms with E-state index in [9.17, 15) is 9.59 Å². The molecule has 0 bridgehead atoms. The second-order valence-corrected chi connectivity index (χ2v) is 6.04. The third kappa shape index (κ3) is 3.84. The van der Waals surface area contributed by atoms with E-state index in [-0.39, 0.29) is 24.2 Å². The second-order valence-electron chi connectivity index (χ2n) is 6.04. The fourth-order valence-electron chi connectivity index (χ4n) is 3.08. The number of piperidine rings is 1. The number of benzene rings is 1. The van der Waals surface area contributed by atoms with Gasteiger partial charge in [0.25, 0.3) is 5.91 Å². The third-order valence-electron chi connectivity index (χ3n) is 4.42. The molecule has 1 amide bonds. The molecule has 114 valence electrons. The summed E-state index contributed by atoms with van der Waals surface area (Å²) < 4.78 is 0. The van der Waals surface area contributed by atoms with E-state index < -0.39 is 5.97 Å². The molecule has 1 N–H and O–H groups in total. The lowest BCUT2D eigenvalue weighted by molar-refractivity contribution is -0.138. The third-order valence-corrected chi connectivity index (χ3v) is 4.42. The Balaban J connectivity index is 2.05. The van der Waals surface area contributed by atoms with Crippen LogP contribution in [-0.4, -0.2) is 35.0 Å². The maximum Gasteiger partial charge on any atom is 0.303 e. The molecule has 1 saturated heterocycles. The maximum atomic E-state index is 12.6. The Hall–Kier alpha value is -1.84. The van der Waals surface area contributed by atoms with Crippen LogP contribution in [0.25, 0.3) is 0 Å². The summed E-state index contributed by atoms with van der Waals surface area (Å²) in [7, 11) is 0. The largest absolute Gasteiger partial charge is 0.481 e. The first kappa shape index (κ1) is 15.5. The summed E-state index contributed by atoms with van der Waals surface area (Å²) in [4.78, 5) is 25.4. The zero-order chi connectivity index (χ0) is 15.4. The lowest BCUT2D eigenvalue weighted by Crippen LogP contribution is -2.42. The minimum absolute atomic E-state index is 0.0697. The summed E-state index contributed by atoms with van der Waals surface area (Å²) in [5, 5.41) is 8.92. The van der Waals surface area contributed by atoms with Gasteiger partial charge in [-0.1, -0.05) is 25.1 Å². The van der Waals surface area contributed by atoms with Crippen LogP contribution in [0.3, 0.4) is 0 Å². The van der Waals surface area contributed by atoms with Crippen molar-refractivity contribution in [2.75, 3.05) is 13.1 Å². The Morgan fingerprint density at radius 1 is 1.38 bits per heavy atom. The molecule has 21 heavy (non-hydrogen) atoms. The summed E-state index contributed by atoms with van der Waals surface area (Å²) in [6.07, 6.45) is 2.13. The minimum Gasteiger partial charge on any atom is -0.481 e. The van der Waals surface area contributed by atoms with Gasteiger partial charge in [-0.15, -0.1) is 0 Å². The van der Waals surface area contributed by atoms with Crippen molar-refractivity contribution in [3.05, 3.63) is 35.4 Å². The number of hydrogen-bond acceptors (Lipinski definition) is 2. The number of carbonyl (C=O) groups is 2. The first-order valence-corrected chi connectivity index (χ1v) is 7.55. The van der Waals surface area contributed by atoms with Crippen molar-refractivity contribution >= 4 is 11.9 Å². The number of aliphatic carboxylic acids is 1. The number of hydrogen-bond donors (Lipinski definition) is 1. The highest BCUT2D eigenvalue weighted by molar-refractivity contribution is 5.95. The second kappa shape index (κ2) is 6.74. The van der Waals surface area contributed by atoms with Gasteiger partial charge in [-0.2, -0.15) is 0 Å². The molecule has 1 heterocycles. The summed E-state index contributed by atoms with van der Waals surface area (Å²) in [6, 6.07) is 7.62. The van der Waals surface area contributed by atoms with Gasteiger partial charge in [0.1, 0.15) is 0 Å². The number of carboxylic acid groups (broad SMARTS) is 1. The van der Waals surface area contributed by atoms with E-state index in [1.807, 2.05) is 43.0 Å². The lowest BCUT2D eigenvalue weighted by atomic mass is 9.84. The highest BCUT2D eigenvalue weighted by Crippen LogP contribution is 2.27. The van der Waals surface area contributed by atoms with Crippen LogP contribution in [0.5, 0.6) is 0 Å². The van der Waals surface area contributed by atoms with Crippen molar-refractivity contribution in [3.8, 4) is 0 Å². The number of rotatable bonds is 4.